The Morgan fingerprint density at radius 1 is 1.53 bits per heavy atom. The van der Waals surface area contributed by atoms with Crippen molar-refractivity contribution in [3.63, 3.8) is 0 Å². The number of ether oxygens (including phenoxy) is 2. The molecule has 0 aromatic carbocycles. The fourth-order valence-electron chi connectivity index (χ4n) is 1.18. The zero-order valence-electron chi connectivity index (χ0n) is 9.17. The minimum absolute atomic E-state index is 0.0389. The number of carbonyl (C=O) groups is 1. The van der Waals surface area contributed by atoms with Crippen LogP contribution in [0, 0.1) is 5.82 Å². The van der Waals surface area contributed by atoms with Gasteiger partial charge in [0.15, 0.2) is 17.3 Å². The van der Waals surface area contributed by atoms with Crippen molar-refractivity contribution in [3.8, 4) is 5.75 Å². The Labute approximate surface area is 95.4 Å². The first kappa shape index (κ1) is 13.3. The summed E-state index contributed by atoms with van der Waals surface area (Å²) in [6, 6.07) is 0. The molecule has 0 radical (unpaired) electrons. The molecule has 0 amide bonds. The van der Waals surface area contributed by atoms with E-state index in [1.807, 2.05) is 0 Å². The van der Waals surface area contributed by atoms with E-state index in [-0.39, 0.29) is 6.61 Å². The summed E-state index contributed by atoms with van der Waals surface area (Å²) in [5, 5.41) is 0. The second kappa shape index (κ2) is 5.51. The van der Waals surface area contributed by atoms with Crippen LogP contribution in [0.4, 0.5) is 13.2 Å². The number of aromatic nitrogens is 1. The molecule has 1 rings (SSSR count). The van der Waals surface area contributed by atoms with Gasteiger partial charge in [-0.3, -0.25) is 4.98 Å². The van der Waals surface area contributed by atoms with Crippen LogP contribution in [0.25, 0.3) is 0 Å². The van der Waals surface area contributed by atoms with Gasteiger partial charge in [0.1, 0.15) is 5.56 Å². The number of hydrogen-bond donors (Lipinski definition) is 0. The number of alkyl halides is 2. The molecule has 4 nitrogen and oxygen atoms in total. The average molecular weight is 249 g/mol. The van der Waals surface area contributed by atoms with Crippen molar-refractivity contribution in [1.29, 1.82) is 0 Å². The largest absolute Gasteiger partial charge is 0.492 e. The number of halogens is 3. The minimum atomic E-state index is -2.99. The highest BCUT2D eigenvalue weighted by Crippen LogP contribution is 2.30. The van der Waals surface area contributed by atoms with Gasteiger partial charge < -0.3 is 9.47 Å². The molecule has 0 aliphatic carbocycles. The van der Waals surface area contributed by atoms with Gasteiger partial charge in [0.05, 0.1) is 13.7 Å². The molecule has 0 saturated heterocycles. The lowest BCUT2D eigenvalue weighted by Gasteiger charge is -2.10. The molecular weight excluding hydrogens is 239 g/mol. The normalized spacial score (nSPS) is 10.5. The van der Waals surface area contributed by atoms with Crippen molar-refractivity contribution < 1.29 is 27.4 Å². The average Bonchev–Trinajstić information content (AvgIpc) is 2.28. The zero-order chi connectivity index (χ0) is 13.0. The van der Waals surface area contributed by atoms with Crippen LogP contribution in [0.1, 0.15) is 29.4 Å². The van der Waals surface area contributed by atoms with E-state index in [1.54, 1.807) is 0 Å². The molecule has 0 bridgehead atoms. The SMILES string of the molecule is CCOC(=O)c1cnc(C(F)F)c(OC)c1F. The van der Waals surface area contributed by atoms with Crippen molar-refractivity contribution in [1.82, 2.24) is 4.98 Å². The highest BCUT2D eigenvalue weighted by Gasteiger charge is 2.25. The van der Waals surface area contributed by atoms with E-state index < -0.39 is 35.2 Å². The van der Waals surface area contributed by atoms with Crippen LogP contribution in [-0.4, -0.2) is 24.7 Å². The molecule has 94 valence electrons. The summed E-state index contributed by atoms with van der Waals surface area (Å²) in [6.45, 7) is 1.57. The maximum atomic E-state index is 13.7. The van der Waals surface area contributed by atoms with Crippen LogP contribution in [0.15, 0.2) is 6.20 Å². The van der Waals surface area contributed by atoms with E-state index in [0.717, 1.165) is 7.11 Å². The van der Waals surface area contributed by atoms with Gasteiger partial charge in [-0.15, -0.1) is 0 Å². The van der Waals surface area contributed by atoms with Crippen molar-refractivity contribution in [2.24, 2.45) is 0 Å². The summed E-state index contributed by atoms with van der Waals surface area (Å²) >= 11 is 0. The van der Waals surface area contributed by atoms with Crippen molar-refractivity contribution in [2.75, 3.05) is 13.7 Å². The van der Waals surface area contributed by atoms with Crippen LogP contribution < -0.4 is 4.74 Å². The number of esters is 1. The van der Waals surface area contributed by atoms with Gasteiger partial charge in [-0.25, -0.2) is 18.0 Å². The second-order valence-electron chi connectivity index (χ2n) is 2.93. The molecule has 0 aliphatic heterocycles. The Morgan fingerprint density at radius 2 is 2.18 bits per heavy atom. The predicted molar refractivity (Wildman–Crippen MR) is 51.7 cm³/mol. The molecule has 0 fully saturated rings. The topological polar surface area (TPSA) is 48.4 Å². The van der Waals surface area contributed by atoms with Crippen LogP contribution in [0.3, 0.4) is 0 Å². The Hall–Kier alpha value is -1.79. The smallest absolute Gasteiger partial charge is 0.342 e. The van der Waals surface area contributed by atoms with Crippen LogP contribution in [0.5, 0.6) is 5.75 Å². The lowest BCUT2D eigenvalue weighted by Crippen LogP contribution is -2.11. The first-order chi connectivity index (χ1) is 8.02. The molecule has 17 heavy (non-hydrogen) atoms. The van der Waals surface area contributed by atoms with Gasteiger partial charge in [-0.05, 0) is 6.92 Å². The van der Waals surface area contributed by atoms with Gasteiger partial charge in [0, 0.05) is 6.20 Å². The molecule has 1 heterocycles. The second-order valence-corrected chi connectivity index (χ2v) is 2.93. The van der Waals surface area contributed by atoms with E-state index in [2.05, 4.69) is 14.5 Å². The first-order valence-corrected chi connectivity index (χ1v) is 4.70. The van der Waals surface area contributed by atoms with Gasteiger partial charge in [0.25, 0.3) is 6.43 Å². The van der Waals surface area contributed by atoms with Gasteiger partial charge >= 0.3 is 5.97 Å². The van der Waals surface area contributed by atoms with Crippen molar-refractivity contribution >= 4 is 5.97 Å². The van der Waals surface area contributed by atoms with Gasteiger partial charge in [0.2, 0.25) is 0 Å². The van der Waals surface area contributed by atoms with Crippen molar-refractivity contribution in [3.05, 3.63) is 23.3 Å². The van der Waals surface area contributed by atoms with Crippen molar-refractivity contribution in [2.45, 2.75) is 13.3 Å². The molecular formula is C10H10F3NO3. The van der Waals surface area contributed by atoms with E-state index in [0.29, 0.717) is 6.20 Å². The van der Waals surface area contributed by atoms with E-state index in [9.17, 15) is 18.0 Å². The lowest BCUT2D eigenvalue weighted by atomic mass is 10.2. The Balaban J connectivity index is 3.24. The minimum Gasteiger partial charge on any atom is -0.492 e. The zero-order valence-corrected chi connectivity index (χ0v) is 9.17. The van der Waals surface area contributed by atoms with Crippen LogP contribution in [-0.2, 0) is 4.74 Å². The summed E-state index contributed by atoms with van der Waals surface area (Å²) in [6.07, 6.45) is -2.28. The Bertz CT molecular complexity index is 424. The third-order valence-corrected chi connectivity index (χ3v) is 1.91. The standard InChI is InChI=1S/C10H10F3NO3/c1-3-17-10(15)5-4-14-7(9(12)13)8(16-2)6(5)11/h4,9H,3H2,1-2H3. The molecule has 1 aromatic heterocycles. The molecule has 0 aliphatic rings. The fourth-order valence-corrected chi connectivity index (χ4v) is 1.18. The first-order valence-electron chi connectivity index (χ1n) is 4.70. The van der Waals surface area contributed by atoms with E-state index >= 15 is 0 Å². The van der Waals surface area contributed by atoms with Gasteiger partial charge in [-0.2, -0.15) is 0 Å². The maximum Gasteiger partial charge on any atom is 0.342 e. The number of nitrogens with zero attached hydrogens (tertiary/aromatic N) is 1. The highest BCUT2D eigenvalue weighted by atomic mass is 19.3. The number of carbonyl (C=O) groups excluding carboxylic acids is 1. The third-order valence-electron chi connectivity index (χ3n) is 1.91. The monoisotopic (exact) mass is 249 g/mol. The quantitative estimate of drug-likeness (QED) is 0.768. The summed E-state index contributed by atoms with van der Waals surface area (Å²) in [5.41, 5.74) is -1.38. The molecule has 0 saturated carbocycles. The Morgan fingerprint density at radius 3 is 2.65 bits per heavy atom. The summed E-state index contributed by atoms with van der Waals surface area (Å²) in [7, 11) is 1.01. The molecule has 1 aromatic rings. The number of pyridine rings is 1. The summed E-state index contributed by atoms with van der Waals surface area (Å²) in [4.78, 5) is 14.6. The summed E-state index contributed by atoms with van der Waals surface area (Å²) in [5.74, 6) is -2.92. The van der Waals surface area contributed by atoms with E-state index in [4.69, 9.17) is 0 Å². The molecule has 0 unspecified atom stereocenters. The van der Waals surface area contributed by atoms with Gasteiger partial charge in [-0.1, -0.05) is 0 Å². The predicted octanol–water partition coefficient (Wildman–Crippen LogP) is 2.34. The highest BCUT2D eigenvalue weighted by molar-refractivity contribution is 5.90. The number of rotatable bonds is 4. The molecule has 0 spiro atoms. The lowest BCUT2D eigenvalue weighted by molar-refractivity contribution is 0.0518. The van der Waals surface area contributed by atoms with E-state index in [1.165, 1.54) is 6.92 Å². The van der Waals surface area contributed by atoms with Crippen LogP contribution in [0.2, 0.25) is 0 Å². The summed E-state index contributed by atoms with van der Waals surface area (Å²) < 4.78 is 47.6. The molecule has 7 heteroatoms. The maximum absolute atomic E-state index is 13.7. The van der Waals surface area contributed by atoms with Crippen LogP contribution >= 0.6 is 0 Å². The fraction of sp³-hybridized carbons (Fsp3) is 0.400. The Kier molecular flexibility index (Phi) is 4.30. The molecule has 0 N–H and O–H groups in total. The number of methoxy groups -OCH3 is 1. The number of hydrogen-bond acceptors (Lipinski definition) is 4. The third kappa shape index (κ3) is 2.66. The molecule has 0 atom stereocenters.